The van der Waals surface area contributed by atoms with Gasteiger partial charge in [-0.15, -0.1) is 0 Å². The van der Waals surface area contributed by atoms with Crippen molar-refractivity contribution in [1.82, 2.24) is 9.97 Å². The van der Waals surface area contributed by atoms with Gasteiger partial charge in [0.05, 0.1) is 4.92 Å². The lowest BCUT2D eigenvalue weighted by Gasteiger charge is -2.06. The molecule has 0 bridgehead atoms. The fraction of sp³-hybridized carbons (Fsp3) is 0.167. The quantitative estimate of drug-likeness (QED) is 0.480. The predicted molar refractivity (Wildman–Crippen MR) is 68.6 cm³/mol. The van der Waals surface area contributed by atoms with Gasteiger partial charge in [0, 0.05) is 5.56 Å². The molecule has 0 fully saturated rings. The molecule has 0 radical (unpaired) electrons. The second kappa shape index (κ2) is 4.89. The van der Waals surface area contributed by atoms with Crippen LogP contribution in [0.15, 0.2) is 18.2 Å². The summed E-state index contributed by atoms with van der Waals surface area (Å²) in [6.45, 7) is 3.15. The number of halogens is 2. The Labute approximate surface area is 113 Å². The van der Waals surface area contributed by atoms with E-state index in [0.29, 0.717) is 11.1 Å². The molecule has 7 heteroatoms. The van der Waals surface area contributed by atoms with Crippen molar-refractivity contribution in [3.05, 3.63) is 50.7 Å². The molecule has 2 rings (SSSR count). The van der Waals surface area contributed by atoms with Gasteiger partial charge in [-0.1, -0.05) is 0 Å². The second-order valence-corrected chi connectivity index (χ2v) is 4.39. The van der Waals surface area contributed by atoms with E-state index >= 15 is 0 Å². The lowest BCUT2D eigenvalue weighted by molar-refractivity contribution is -0.385. The fourth-order valence-corrected chi connectivity index (χ4v) is 2.04. The lowest BCUT2D eigenvalue weighted by atomic mass is 10.1. The molecule has 0 amide bonds. The monoisotopic (exact) mass is 281 g/mol. The molecule has 19 heavy (non-hydrogen) atoms. The molecule has 2 aromatic rings. The highest BCUT2D eigenvalue weighted by atomic mass is 35.5. The molecule has 0 atom stereocenters. The zero-order chi connectivity index (χ0) is 14.2. The minimum absolute atomic E-state index is 0.0186. The number of aryl methyl sites for hydroxylation is 2. The highest BCUT2D eigenvalue weighted by Crippen LogP contribution is 2.31. The summed E-state index contributed by atoms with van der Waals surface area (Å²) in [5, 5.41) is 11.0. The largest absolute Gasteiger partial charge is 0.316 e. The van der Waals surface area contributed by atoms with Crippen LogP contribution in [0.1, 0.15) is 11.3 Å². The van der Waals surface area contributed by atoms with Crippen molar-refractivity contribution in [2.24, 2.45) is 0 Å². The summed E-state index contributed by atoms with van der Waals surface area (Å²) in [5.41, 5.74) is 0.828. The van der Waals surface area contributed by atoms with Gasteiger partial charge in [-0.2, -0.15) is 0 Å². The van der Waals surface area contributed by atoms with Crippen molar-refractivity contribution in [2.45, 2.75) is 13.8 Å². The Morgan fingerprint density at radius 2 is 1.95 bits per heavy atom. The number of rotatable bonds is 2. The molecular formula is C12H9ClFN3O2. The molecule has 5 nitrogen and oxygen atoms in total. The molecule has 0 aliphatic carbocycles. The van der Waals surface area contributed by atoms with E-state index in [1.165, 1.54) is 19.1 Å². The SMILES string of the molecule is Cc1cc(F)cc(-c2nc(Cl)nc(C)c2[N+](=O)[O-])c1. The molecule has 1 aromatic carbocycles. The van der Waals surface area contributed by atoms with Crippen molar-refractivity contribution in [1.29, 1.82) is 0 Å². The summed E-state index contributed by atoms with van der Waals surface area (Å²) in [7, 11) is 0. The molecule has 0 saturated heterocycles. The van der Waals surface area contributed by atoms with Gasteiger partial charge >= 0.3 is 5.69 Å². The first-order chi connectivity index (χ1) is 8.88. The van der Waals surface area contributed by atoms with Gasteiger partial charge in [0.25, 0.3) is 0 Å². The van der Waals surface area contributed by atoms with Crippen molar-refractivity contribution in [3.8, 4) is 11.3 Å². The third-order valence-electron chi connectivity index (χ3n) is 2.53. The molecule has 98 valence electrons. The molecule has 1 aromatic heterocycles. The number of aromatic nitrogens is 2. The van der Waals surface area contributed by atoms with Crippen LogP contribution in [0.4, 0.5) is 10.1 Å². The maximum Gasteiger partial charge on any atom is 0.316 e. The maximum absolute atomic E-state index is 13.4. The van der Waals surface area contributed by atoms with Crippen LogP contribution in [-0.2, 0) is 0 Å². The predicted octanol–water partition coefficient (Wildman–Crippen LogP) is 3.46. The Morgan fingerprint density at radius 1 is 1.26 bits per heavy atom. The van der Waals surface area contributed by atoms with Gasteiger partial charge in [0.15, 0.2) is 5.69 Å². The average Bonchev–Trinajstić information content (AvgIpc) is 2.25. The lowest BCUT2D eigenvalue weighted by Crippen LogP contribution is -2.01. The third-order valence-corrected chi connectivity index (χ3v) is 2.70. The Bertz CT molecular complexity index is 656. The summed E-state index contributed by atoms with van der Waals surface area (Å²) >= 11 is 5.72. The number of nitro groups is 1. The van der Waals surface area contributed by atoms with E-state index in [2.05, 4.69) is 9.97 Å². The van der Waals surface area contributed by atoms with Gasteiger partial charge in [-0.25, -0.2) is 14.4 Å². The van der Waals surface area contributed by atoms with Crippen LogP contribution in [0.25, 0.3) is 11.3 Å². The van der Waals surface area contributed by atoms with Crippen molar-refractivity contribution in [2.75, 3.05) is 0 Å². The highest BCUT2D eigenvalue weighted by molar-refractivity contribution is 6.28. The maximum atomic E-state index is 13.4. The first kappa shape index (κ1) is 13.4. The topological polar surface area (TPSA) is 68.9 Å². The summed E-state index contributed by atoms with van der Waals surface area (Å²) in [4.78, 5) is 18.1. The van der Waals surface area contributed by atoms with Crippen molar-refractivity contribution < 1.29 is 9.31 Å². The highest BCUT2D eigenvalue weighted by Gasteiger charge is 2.23. The number of hydrogen-bond donors (Lipinski definition) is 0. The van der Waals surface area contributed by atoms with Crippen LogP contribution in [0.3, 0.4) is 0 Å². The van der Waals surface area contributed by atoms with Crippen molar-refractivity contribution >= 4 is 17.3 Å². The molecule has 1 heterocycles. The number of benzene rings is 1. The van der Waals surface area contributed by atoms with Crippen LogP contribution in [0.2, 0.25) is 5.28 Å². The van der Waals surface area contributed by atoms with E-state index < -0.39 is 10.7 Å². The molecular weight excluding hydrogens is 273 g/mol. The van der Waals surface area contributed by atoms with Gasteiger partial charge in [0.2, 0.25) is 5.28 Å². The van der Waals surface area contributed by atoms with Crippen LogP contribution >= 0.6 is 11.6 Å². The number of hydrogen-bond acceptors (Lipinski definition) is 4. The van der Waals surface area contributed by atoms with Gasteiger partial charge in [0.1, 0.15) is 11.5 Å². The van der Waals surface area contributed by atoms with Crippen LogP contribution in [0, 0.1) is 29.8 Å². The molecule has 0 aliphatic rings. The Hall–Kier alpha value is -2.08. The van der Waals surface area contributed by atoms with E-state index in [1.807, 2.05) is 0 Å². The van der Waals surface area contributed by atoms with E-state index in [-0.39, 0.29) is 22.4 Å². The van der Waals surface area contributed by atoms with Gasteiger partial charge in [-0.05, 0) is 49.2 Å². The molecule has 0 aliphatic heterocycles. The normalized spacial score (nSPS) is 10.5. The summed E-state index contributed by atoms with van der Waals surface area (Å²) in [5.74, 6) is -0.489. The summed E-state index contributed by atoms with van der Waals surface area (Å²) in [6.07, 6.45) is 0. The van der Waals surface area contributed by atoms with Crippen molar-refractivity contribution in [3.63, 3.8) is 0 Å². The summed E-state index contributed by atoms with van der Waals surface area (Å²) < 4.78 is 13.4. The fourth-order valence-electron chi connectivity index (χ4n) is 1.83. The third kappa shape index (κ3) is 2.68. The average molecular weight is 282 g/mol. The Balaban J connectivity index is 2.77. The number of nitrogens with zero attached hydrogens (tertiary/aromatic N) is 3. The van der Waals surface area contributed by atoms with Crippen LogP contribution in [0.5, 0.6) is 0 Å². The first-order valence-electron chi connectivity index (χ1n) is 5.34. The van der Waals surface area contributed by atoms with Crippen LogP contribution < -0.4 is 0 Å². The molecule has 0 spiro atoms. The minimum atomic E-state index is -0.596. The van der Waals surface area contributed by atoms with Gasteiger partial charge in [-0.3, -0.25) is 10.1 Å². The smallest absolute Gasteiger partial charge is 0.258 e. The standard InChI is InChI=1S/C12H9ClFN3O2/c1-6-3-8(5-9(14)4-6)10-11(17(18)19)7(2)15-12(13)16-10/h3-5H,1-2H3. The van der Waals surface area contributed by atoms with Gasteiger partial charge < -0.3 is 0 Å². The van der Waals surface area contributed by atoms with E-state index in [4.69, 9.17) is 11.6 Å². The molecule has 0 unspecified atom stereocenters. The van der Waals surface area contributed by atoms with E-state index in [9.17, 15) is 14.5 Å². The zero-order valence-electron chi connectivity index (χ0n) is 10.1. The molecule has 0 N–H and O–H groups in total. The second-order valence-electron chi connectivity index (χ2n) is 4.05. The van der Waals surface area contributed by atoms with E-state index in [1.54, 1.807) is 13.0 Å². The van der Waals surface area contributed by atoms with Crippen LogP contribution in [-0.4, -0.2) is 14.9 Å². The Morgan fingerprint density at radius 3 is 2.53 bits per heavy atom. The zero-order valence-corrected chi connectivity index (χ0v) is 10.9. The van der Waals surface area contributed by atoms with E-state index in [0.717, 1.165) is 0 Å². The Kier molecular flexibility index (Phi) is 3.44. The first-order valence-corrected chi connectivity index (χ1v) is 5.72. The summed E-state index contributed by atoms with van der Waals surface area (Å²) in [6, 6.07) is 4.11. The molecule has 0 saturated carbocycles. The minimum Gasteiger partial charge on any atom is -0.258 e.